The molecule has 0 spiro atoms. The summed E-state index contributed by atoms with van der Waals surface area (Å²) >= 11 is 1.49. The fourth-order valence-corrected chi connectivity index (χ4v) is 1.29. The number of amides is 2. The highest BCUT2D eigenvalue weighted by Crippen LogP contribution is 2.04. The van der Waals surface area contributed by atoms with Gasteiger partial charge in [-0.15, -0.1) is 11.3 Å². The molecule has 0 saturated carbocycles. The van der Waals surface area contributed by atoms with E-state index in [1.807, 2.05) is 26.2 Å². The number of thiazole rings is 1. The average Bonchev–Trinajstić information content (AvgIpc) is 2.62. The Bertz CT molecular complexity index is 306. The standard InChI is InChI=1S/C9H15N3O2S/c1-9(2,3)14-12-8(13)11-6-7-10-4-5-15-7/h4-5H,6H2,1-3H3,(H2,11,12,13). The molecule has 0 aromatic carbocycles. The highest BCUT2D eigenvalue weighted by atomic mass is 32.1. The van der Waals surface area contributed by atoms with Gasteiger partial charge < -0.3 is 5.32 Å². The van der Waals surface area contributed by atoms with Crippen LogP contribution in [0.3, 0.4) is 0 Å². The molecule has 0 aliphatic carbocycles. The Kier molecular flexibility index (Phi) is 4.05. The Morgan fingerprint density at radius 1 is 1.60 bits per heavy atom. The first-order valence-electron chi connectivity index (χ1n) is 4.57. The fourth-order valence-electron chi connectivity index (χ4n) is 0.732. The molecule has 0 radical (unpaired) electrons. The van der Waals surface area contributed by atoms with Crippen molar-refractivity contribution in [2.75, 3.05) is 0 Å². The Balaban J connectivity index is 2.20. The minimum Gasteiger partial charge on any atom is -0.330 e. The van der Waals surface area contributed by atoms with Crippen molar-refractivity contribution in [1.29, 1.82) is 0 Å². The molecule has 1 heterocycles. The number of aromatic nitrogens is 1. The number of carbonyl (C=O) groups excluding carboxylic acids is 1. The molecule has 0 bridgehead atoms. The molecular weight excluding hydrogens is 214 g/mol. The van der Waals surface area contributed by atoms with Crippen molar-refractivity contribution < 1.29 is 9.63 Å². The van der Waals surface area contributed by atoms with Crippen LogP contribution in [0.4, 0.5) is 4.79 Å². The van der Waals surface area contributed by atoms with Gasteiger partial charge in [0.1, 0.15) is 5.01 Å². The van der Waals surface area contributed by atoms with E-state index in [9.17, 15) is 4.79 Å². The molecule has 2 amide bonds. The molecule has 2 N–H and O–H groups in total. The number of rotatable bonds is 3. The molecule has 0 fully saturated rings. The number of hydrogen-bond acceptors (Lipinski definition) is 4. The maximum atomic E-state index is 11.2. The van der Waals surface area contributed by atoms with Crippen molar-refractivity contribution in [3.63, 3.8) is 0 Å². The van der Waals surface area contributed by atoms with Crippen molar-refractivity contribution in [3.05, 3.63) is 16.6 Å². The number of nitrogens with zero attached hydrogens (tertiary/aromatic N) is 1. The Hall–Kier alpha value is -1.14. The van der Waals surface area contributed by atoms with Crippen LogP contribution in [0.2, 0.25) is 0 Å². The highest BCUT2D eigenvalue weighted by molar-refractivity contribution is 7.09. The lowest BCUT2D eigenvalue weighted by molar-refractivity contribution is -0.0529. The maximum absolute atomic E-state index is 11.2. The molecule has 0 saturated heterocycles. The van der Waals surface area contributed by atoms with E-state index in [1.54, 1.807) is 6.20 Å². The molecule has 6 heteroatoms. The predicted molar refractivity (Wildman–Crippen MR) is 58.3 cm³/mol. The van der Waals surface area contributed by atoms with Crippen molar-refractivity contribution in [3.8, 4) is 0 Å². The summed E-state index contributed by atoms with van der Waals surface area (Å²) in [4.78, 5) is 20.3. The van der Waals surface area contributed by atoms with Crippen molar-refractivity contribution >= 4 is 17.4 Å². The molecule has 1 aromatic rings. The van der Waals surface area contributed by atoms with E-state index in [4.69, 9.17) is 4.84 Å². The van der Waals surface area contributed by atoms with E-state index >= 15 is 0 Å². The van der Waals surface area contributed by atoms with Gasteiger partial charge >= 0.3 is 6.03 Å². The molecule has 0 aliphatic heterocycles. The van der Waals surface area contributed by atoms with Gasteiger partial charge in [0.15, 0.2) is 0 Å². The summed E-state index contributed by atoms with van der Waals surface area (Å²) < 4.78 is 0. The lowest BCUT2D eigenvalue weighted by atomic mass is 10.2. The summed E-state index contributed by atoms with van der Waals surface area (Å²) in [5.74, 6) is 0. The van der Waals surface area contributed by atoms with Crippen LogP contribution in [0, 0.1) is 0 Å². The van der Waals surface area contributed by atoms with E-state index in [0.717, 1.165) is 5.01 Å². The second-order valence-electron chi connectivity index (χ2n) is 3.93. The summed E-state index contributed by atoms with van der Waals surface area (Å²) in [7, 11) is 0. The molecule has 1 rings (SSSR count). The Morgan fingerprint density at radius 2 is 2.33 bits per heavy atom. The zero-order valence-electron chi connectivity index (χ0n) is 9.03. The quantitative estimate of drug-likeness (QED) is 0.775. The second-order valence-corrected chi connectivity index (χ2v) is 4.90. The first-order valence-corrected chi connectivity index (χ1v) is 5.45. The summed E-state index contributed by atoms with van der Waals surface area (Å²) in [6, 6.07) is -0.361. The molecule has 0 unspecified atom stereocenters. The monoisotopic (exact) mass is 229 g/mol. The van der Waals surface area contributed by atoms with Crippen LogP contribution in [-0.2, 0) is 11.4 Å². The normalized spacial score (nSPS) is 11.1. The first-order chi connectivity index (χ1) is 6.97. The molecule has 1 aromatic heterocycles. The van der Waals surface area contributed by atoms with Gasteiger partial charge in [-0.05, 0) is 20.8 Å². The molecule has 0 aliphatic rings. The minimum absolute atomic E-state index is 0.361. The van der Waals surface area contributed by atoms with Crippen LogP contribution < -0.4 is 10.8 Å². The SMILES string of the molecule is CC(C)(C)ONC(=O)NCc1nccs1. The summed E-state index contributed by atoms with van der Waals surface area (Å²) in [6.45, 7) is 5.98. The lowest BCUT2D eigenvalue weighted by Crippen LogP contribution is -2.39. The zero-order valence-corrected chi connectivity index (χ0v) is 9.85. The van der Waals surface area contributed by atoms with E-state index in [0.29, 0.717) is 6.54 Å². The molecule has 5 nitrogen and oxygen atoms in total. The topological polar surface area (TPSA) is 63.2 Å². The van der Waals surface area contributed by atoms with Crippen LogP contribution in [0.25, 0.3) is 0 Å². The fraction of sp³-hybridized carbons (Fsp3) is 0.556. The molecular formula is C9H15N3O2S. The Labute approximate surface area is 92.8 Å². The van der Waals surface area contributed by atoms with Crippen LogP contribution in [0.1, 0.15) is 25.8 Å². The van der Waals surface area contributed by atoms with Gasteiger partial charge in [0.25, 0.3) is 0 Å². The van der Waals surface area contributed by atoms with Crippen molar-refractivity contribution in [2.24, 2.45) is 0 Å². The second kappa shape index (κ2) is 5.09. The van der Waals surface area contributed by atoms with Crippen LogP contribution in [0.5, 0.6) is 0 Å². The molecule has 84 valence electrons. The number of urea groups is 1. The van der Waals surface area contributed by atoms with E-state index in [1.165, 1.54) is 11.3 Å². The maximum Gasteiger partial charge on any atom is 0.339 e. The first kappa shape index (κ1) is 11.9. The third kappa shape index (κ3) is 5.34. The van der Waals surface area contributed by atoms with Gasteiger partial charge in [-0.3, -0.25) is 4.84 Å². The zero-order chi connectivity index (χ0) is 11.3. The minimum atomic E-state index is -0.390. The van der Waals surface area contributed by atoms with Crippen LogP contribution in [-0.4, -0.2) is 16.6 Å². The van der Waals surface area contributed by atoms with Gasteiger partial charge in [0.05, 0.1) is 12.1 Å². The van der Waals surface area contributed by atoms with E-state index < -0.39 is 5.60 Å². The third-order valence-electron chi connectivity index (χ3n) is 1.33. The highest BCUT2D eigenvalue weighted by Gasteiger charge is 2.12. The van der Waals surface area contributed by atoms with Gasteiger partial charge in [0.2, 0.25) is 0 Å². The number of hydroxylamine groups is 1. The van der Waals surface area contributed by atoms with Gasteiger partial charge in [-0.1, -0.05) is 0 Å². The Morgan fingerprint density at radius 3 is 2.87 bits per heavy atom. The lowest BCUT2D eigenvalue weighted by Gasteiger charge is -2.18. The smallest absolute Gasteiger partial charge is 0.330 e. The van der Waals surface area contributed by atoms with Gasteiger partial charge in [0, 0.05) is 11.6 Å². The van der Waals surface area contributed by atoms with Crippen molar-refractivity contribution in [1.82, 2.24) is 15.8 Å². The number of carbonyl (C=O) groups is 1. The number of hydrogen-bond donors (Lipinski definition) is 2. The summed E-state index contributed by atoms with van der Waals surface area (Å²) in [6.07, 6.45) is 1.70. The summed E-state index contributed by atoms with van der Waals surface area (Å²) in [5, 5.41) is 5.35. The molecule has 15 heavy (non-hydrogen) atoms. The van der Waals surface area contributed by atoms with Crippen molar-refractivity contribution in [2.45, 2.75) is 32.9 Å². The van der Waals surface area contributed by atoms with E-state index in [-0.39, 0.29) is 6.03 Å². The number of nitrogens with one attached hydrogen (secondary N) is 2. The van der Waals surface area contributed by atoms with E-state index in [2.05, 4.69) is 15.8 Å². The predicted octanol–water partition coefficient (Wildman–Crippen LogP) is 1.67. The largest absolute Gasteiger partial charge is 0.339 e. The summed E-state index contributed by atoms with van der Waals surface area (Å²) in [5.41, 5.74) is 1.92. The average molecular weight is 229 g/mol. The van der Waals surface area contributed by atoms with Crippen LogP contribution >= 0.6 is 11.3 Å². The van der Waals surface area contributed by atoms with Crippen LogP contribution in [0.15, 0.2) is 11.6 Å². The van der Waals surface area contributed by atoms with Gasteiger partial charge in [-0.25, -0.2) is 15.3 Å². The van der Waals surface area contributed by atoms with Gasteiger partial charge in [-0.2, -0.15) is 0 Å². The third-order valence-corrected chi connectivity index (χ3v) is 2.11. The molecule has 0 atom stereocenters.